The highest BCUT2D eigenvalue weighted by Gasteiger charge is 2.26. The summed E-state index contributed by atoms with van der Waals surface area (Å²) in [6.45, 7) is 7.81. The zero-order valence-electron chi connectivity index (χ0n) is 19.7. The summed E-state index contributed by atoms with van der Waals surface area (Å²) in [5.74, 6) is -0.0112. The molecule has 1 aliphatic heterocycles. The fourth-order valence-electron chi connectivity index (χ4n) is 3.60. The van der Waals surface area contributed by atoms with Gasteiger partial charge in [0.05, 0.1) is 5.69 Å². The molecule has 1 N–H and O–H groups in total. The molecule has 1 aromatic heterocycles. The van der Waals surface area contributed by atoms with E-state index in [9.17, 15) is 9.59 Å². The number of piperidine rings is 1. The quantitative estimate of drug-likeness (QED) is 0.765. The maximum Gasteiger partial charge on any atom is 0.410 e. The Labute approximate surface area is 190 Å². The van der Waals surface area contributed by atoms with E-state index < -0.39 is 5.60 Å². The molecule has 1 saturated heterocycles. The number of carbonyl (C=O) groups is 2. The van der Waals surface area contributed by atoms with E-state index in [4.69, 9.17) is 4.74 Å². The van der Waals surface area contributed by atoms with Gasteiger partial charge in [0.2, 0.25) is 0 Å². The summed E-state index contributed by atoms with van der Waals surface area (Å²) in [6.07, 6.45) is 3.47. The van der Waals surface area contributed by atoms with Crippen LogP contribution >= 0.6 is 0 Å². The molecule has 7 heteroatoms. The molecule has 0 saturated carbocycles. The topological polar surface area (TPSA) is 74.8 Å². The number of pyridine rings is 1. The molecule has 2 heterocycles. The number of carbonyl (C=O) groups excluding carboxylic acids is 2. The second-order valence-corrected chi connectivity index (χ2v) is 9.45. The first kappa shape index (κ1) is 23.7. The largest absolute Gasteiger partial charge is 0.444 e. The maximum absolute atomic E-state index is 12.2. The van der Waals surface area contributed by atoms with Gasteiger partial charge in [0.25, 0.3) is 5.91 Å². The molecule has 7 nitrogen and oxygen atoms in total. The van der Waals surface area contributed by atoms with E-state index in [0.717, 1.165) is 36.2 Å². The lowest BCUT2D eigenvalue weighted by Gasteiger charge is -2.33. The SMILES string of the molecule is CN(C)C(=O)c1ccc(-c2ccc(CNC3CCN(C(=O)OC(C)(C)C)CC3)cn2)cc1. The number of hydrogen-bond donors (Lipinski definition) is 1. The monoisotopic (exact) mass is 438 g/mol. The summed E-state index contributed by atoms with van der Waals surface area (Å²) in [4.78, 5) is 32.2. The lowest BCUT2D eigenvalue weighted by molar-refractivity contribution is 0.0198. The van der Waals surface area contributed by atoms with Crippen molar-refractivity contribution < 1.29 is 14.3 Å². The van der Waals surface area contributed by atoms with Crippen molar-refractivity contribution in [2.45, 2.75) is 51.8 Å². The van der Waals surface area contributed by atoms with Crippen LogP contribution in [0.1, 0.15) is 49.5 Å². The first-order valence-electron chi connectivity index (χ1n) is 11.1. The average molecular weight is 439 g/mol. The van der Waals surface area contributed by atoms with Crippen LogP contribution in [-0.4, -0.2) is 65.6 Å². The molecule has 0 atom stereocenters. The number of hydrogen-bond acceptors (Lipinski definition) is 5. The van der Waals surface area contributed by atoms with Crippen LogP contribution in [0.15, 0.2) is 42.6 Å². The van der Waals surface area contributed by atoms with Crippen LogP contribution in [0.5, 0.6) is 0 Å². The molecule has 2 aromatic rings. The minimum Gasteiger partial charge on any atom is -0.444 e. The van der Waals surface area contributed by atoms with Gasteiger partial charge in [0.15, 0.2) is 0 Å². The first-order valence-corrected chi connectivity index (χ1v) is 11.1. The summed E-state index contributed by atoms with van der Waals surface area (Å²) < 4.78 is 5.46. The van der Waals surface area contributed by atoms with Gasteiger partial charge in [-0.25, -0.2) is 4.79 Å². The molecule has 0 bridgehead atoms. The third-order valence-corrected chi connectivity index (χ3v) is 5.40. The Morgan fingerprint density at radius 1 is 1.09 bits per heavy atom. The predicted octanol–water partition coefficient (Wildman–Crippen LogP) is 3.94. The van der Waals surface area contributed by atoms with Gasteiger partial charge in [-0.3, -0.25) is 9.78 Å². The molecule has 0 unspecified atom stereocenters. The van der Waals surface area contributed by atoms with Gasteiger partial charge < -0.3 is 19.9 Å². The minimum absolute atomic E-state index is 0.0112. The predicted molar refractivity (Wildman–Crippen MR) is 125 cm³/mol. The number of benzene rings is 1. The number of ether oxygens (including phenoxy) is 1. The normalized spacial score (nSPS) is 14.8. The molecular formula is C25H34N4O3. The number of nitrogens with zero attached hydrogens (tertiary/aromatic N) is 3. The van der Waals surface area contributed by atoms with Gasteiger partial charge in [-0.2, -0.15) is 0 Å². The molecule has 1 aromatic carbocycles. The summed E-state index contributed by atoms with van der Waals surface area (Å²) in [5, 5.41) is 3.57. The highest BCUT2D eigenvalue weighted by Crippen LogP contribution is 2.19. The number of amides is 2. The molecular weight excluding hydrogens is 404 g/mol. The van der Waals surface area contributed by atoms with Crippen molar-refractivity contribution in [3.63, 3.8) is 0 Å². The van der Waals surface area contributed by atoms with Gasteiger partial charge in [-0.05, 0) is 57.4 Å². The van der Waals surface area contributed by atoms with E-state index in [2.05, 4.69) is 16.4 Å². The van der Waals surface area contributed by atoms with E-state index >= 15 is 0 Å². The van der Waals surface area contributed by atoms with Gasteiger partial charge >= 0.3 is 6.09 Å². The van der Waals surface area contributed by atoms with Crippen molar-refractivity contribution in [2.75, 3.05) is 27.2 Å². The average Bonchev–Trinajstić information content (AvgIpc) is 2.77. The van der Waals surface area contributed by atoms with Crippen molar-refractivity contribution in [3.05, 3.63) is 53.7 Å². The van der Waals surface area contributed by atoms with Crippen LogP contribution in [-0.2, 0) is 11.3 Å². The molecule has 0 radical (unpaired) electrons. The lowest BCUT2D eigenvalue weighted by atomic mass is 10.0. The van der Waals surface area contributed by atoms with Gasteiger partial charge in [0.1, 0.15) is 5.60 Å². The van der Waals surface area contributed by atoms with Gasteiger partial charge in [-0.1, -0.05) is 18.2 Å². The van der Waals surface area contributed by atoms with Crippen molar-refractivity contribution in [1.82, 2.24) is 20.1 Å². The standard InChI is InChI=1S/C25H34N4O3/c1-25(2,3)32-24(31)29-14-12-21(13-15-29)26-16-18-6-11-22(27-17-18)19-7-9-20(10-8-19)23(30)28(4)5/h6-11,17,21,26H,12-16H2,1-5H3. The molecule has 2 amide bonds. The van der Waals surface area contributed by atoms with Crippen LogP contribution in [0, 0.1) is 0 Å². The molecule has 3 rings (SSSR count). The Kier molecular flexibility index (Phi) is 7.51. The van der Waals surface area contributed by atoms with Crippen LogP contribution in [0.2, 0.25) is 0 Å². The van der Waals surface area contributed by atoms with Crippen LogP contribution in [0.25, 0.3) is 11.3 Å². The van der Waals surface area contributed by atoms with Crippen LogP contribution in [0.4, 0.5) is 4.79 Å². The lowest BCUT2D eigenvalue weighted by Crippen LogP contribution is -2.46. The number of aromatic nitrogens is 1. The Morgan fingerprint density at radius 3 is 2.28 bits per heavy atom. The van der Waals surface area contributed by atoms with Gasteiger partial charge in [-0.15, -0.1) is 0 Å². The van der Waals surface area contributed by atoms with E-state index in [-0.39, 0.29) is 12.0 Å². The highest BCUT2D eigenvalue weighted by atomic mass is 16.6. The zero-order chi connectivity index (χ0) is 23.3. The van der Waals surface area contributed by atoms with Crippen molar-refractivity contribution in [3.8, 4) is 11.3 Å². The van der Waals surface area contributed by atoms with Crippen molar-refractivity contribution >= 4 is 12.0 Å². The first-order chi connectivity index (χ1) is 15.1. The summed E-state index contributed by atoms with van der Waals surface area (Å²) in [7, 11) is 3.49. The second-order valence-electron chi connectivity index (χ2n) is 9.45. The number of nitrogens with one attached hydrogen (secondary N) is 1. The Morgan fingerprint density at radius 2 is 1.75 bits per heavy atom. The summed E-state index contributed by atoms with van der Waals surface area (Å²) >= 11 is 0. The van der Waals surface area contributed by atoms with Crippen molar-refractivity contribution in [1.29, 1.82) is 0 Å². The second kappa shape index (κ2) is 10.1. The molecule has 1 aliphatic rings. The molecule has 172 valence electrons. The number of rotatable bonds is 5. The number of likely N-dealkylation sites (tertiary alicyclic amines) is 1. The molecule has 0 spiro atoms. The maximum atomic E-state index is 12.2. The molecule has 32 heavy (non-hydrogen) atoms. The fraction of sp³-hybridized carbons (Fsp3) is 0.480. The molecule has 0 aliphatic carbocycles. The van der Waals surface area contributed by atoms with Gasteiger partial charge in [0, 0.05) is 57.1 Å². The Balaban J connectivity index is 1.48. The fourth-order valence-corrected chi connectivity index (χ4v) is 3.60. The summed E-state index contributed by atoms with van der Waals surface area (Å²) in [6, 6.07) is 12.0. The van der Waals surface area contributed by atoms with E-state index in [1.54, 1.807) is 23.9 Å². The van der Waals surface area contributed by atoms with E-state index in [1.165, 1.54) is 0 Å². The highest BCUT2D eigenvalue weighted by molar-refractivity contribution is 5.94. The summed E-state index contributed by atoms with van der Waals surface area (Å²) in [5.41, 5.74) is 3.18. The smallest absolute Gasteiger partial charge is 0.410 e. The van der Waals surface area contributed by atoms with Crippen LogP contribution < -0.4 is 5.32 Å². The third kappa shape index (κ3) is 6.53. The van der Waals surface area contributed by atoms with Crippen LogP contribution in [0.3, 0.4) is 0 Å². The Hall–Kier alpha value is -2.93. The van der Waals surface area contributed by atoms with Crippen molar-refractivity contribution in [2.24, 2.45) is 0 Å². The third-order valence-electron chi connectivity index (χ3n) is 5.40. The van der Waals surface area contributed by atoms with E-state index in [0.29, 0.717) is 24.7 Å². The van der Waals surface area contributed by atoms with E-state index in [1.807, 2.05) is 57.3 Å². The minimum atomic E-state index is -0.461. The molecule has 1 fully saturated rings. The Bertz CT molecular complexity index is 910. The zero-order valence-corrected chi connectivity index (χ0v) is 19.7.